The van der Waals surface area contributed by atoms with Crippen molar-refractivity contribution in [1.29, 1.82) is 0 Å². The summed E-state index contributed by atoms with van der Waals surface area (Å²) in [5.41, 5.74) is 3.26. The maximum atomic E-state index is 12.8. The first-order valence-corrected chi connectivity index (χ1v) is 11.2. The molecule has 0 unspecified atom stereocenters. The van der Waals surface area contributed by atoms with E-state index in [0.717, 1.165) is 23.1 Å². The third-order valence-corrected chi connectivity index (χ3v) is 5.84. The SMILES string of the molecule is O=C1CC[C@H](COCc2ccccc2)[C@H](OCc2ccccc2)[C@@H]1OCc1ccccc1. The number of ketones is 1. The molecule has 3 aromatic rings. The van der Waals surface area contributed by atoms with Gasteiger partial charge in [0, 0.05) is 12.3 Å². The Bertz CT molecular complexity index is 943. The summed E-state index contributed by atoms with van der Waals surface area (Å²) in [6.45, 7) is 1.91. The van der Waals surface area contributed by atoms with Crippen LogP contribution in [0.1, 0.15) is 29.5 Å². The highest BCUT2D eigenvalue weighted by atomic mass is 16.5. The first kappa shape index (κ1) is 22.4. The number of hydrogen-bond donors (Lipinski definition) is 0. The van der Waals surface area contributed by atoms with Crippen LogP contribution in [0.2, 0.25) is 0 Å². The van der Waals surface area contributed by atoms with Crippen LogP contribution >= 0.6 is 0 Å². The predicted molar refractivity (Wildman–Crippen MR) is 124 cm³/mol. The molecule has 1 aliphatic carbocycles. The highest BCUT2D eigenvalue weighted by Crippen LogP contribution is 2.29. The summed E-state index contributed by atoms with van der Waals surface area (Å²) in [5.74, 6) is 0.208. The third-order valence-electron chi connectivity index (χ3n) is 5.84. The first-order valence-electron chi connectivity index (χ1n) is 11.2. The van der Waals surface area contributed by atoms with Crippen molar-refractivity contribution in [3.8, 4) is 0 Å². The largest absolute Gasteiger partial charge is 0.376 e. The lowest BCUT2D eigenvalue weighted by Crippen LogP contribution is -2.48. The summed E-state index contributed by atoms with van der Waals surface area (Å²) < 4.78 is 18.5. The number of ether oxygens (including phenoxy) is 3. The van der Waals surface area contributed by atoms with Gasteiger partial charge in [0.2, 0.25) is 0 Å². The lowest BCUT2D eigenvalue weighted by atomic mass is 9.83. The molecule has 1 saturated carbocycles. The van der Waals surface area contributed by atoms with Gasteiger partial charge in [-0.3, -0.25) is 4.79 Å². The molecule has 0 spiro atoms. The molecular formula is C28H30O4. The van der Waals surface area contributed by atoms with Crippen molar-refractivity contribution in [2.45, 2.75) is 44.9 Å². The van der Waals surface area contributed by atoms with Gasteiger partial charge in [-0.15, -0.1) is 0 Å². The fourth-order valence-corrected chi connectivity index (χ4v) is 4.08. The van der Waals surface area contributed by atoms with Crippen LogP contribution in [0, 0.1) is 5.92 Å². The molecule has 3 aromatic carbocycles. The van der Waals surface area contributed by atoms with E-state index in [2.05, 4.69) is 12.1 Å². The average molecular weight is 431 g/mol. The zero-order valence-corrected chi connectivity index (χ0v) is 18.3. The van der Waals surface area contributed by atoms with E-state index in [1.165, 1.54) is 0 Å². The smallest absolute Gasteiger partial charge is 0.164 e. The van der Waals surface area contributed by atoms with Gasteiger partial charge < -0.3 is 14.2 Å². The van der Waals surface area contributed by atoms with Gasteiger partial charge in [0.1, 0.15) is 6.10 Å². The lowest BCUT2D eigenvalue weighted by Gasteiger charge is -2.36. The van der Waals surface area contributed by atoms with Crippen LogP contribution in [-0.2, 0) is 38.8 Å². The molecule has 32 heavy (non-hydrogen) atoms. The van der Waals surface area contributed by atoms with Crippen LogP contribution in [0.3, 0.4) is 0 Å². The van der Waals surface area contributed by atoms with E-state index in [0.29, 0.717) is 32.8 Å². The second-order valence-electron chi connectivity index (χ2n) is 8.24. The Morgan fingerprint density at radius 3 is 1.72 bits per heavy atom. The number of carbonyl (C=O) groups excluding carboxylic acids is 1. The first-order chi connectivity index (χ1) is 15.8. The molecule has 0 aliphatic heterocycles. The summed E-state index contributed by atoms with van der Waals surface area (Å²) in [5, 5.41) is 0. The molecular weight excluding hydrogens is 400 g/mol. The number of hydrogen-bond acceptors (Lipinski definition) is 4. The van der Waals surface area contributed by atoms with Gasteiger partial charge in [-0.05, 0) is 23.1 Å². The van der Waals surface area contributed by atoms with Crippen LogP contribution in [0.15, 0.2) is 91.0 Å². The number of carbonyl (C=O) groups is 1. The van der Waals surface area contributed by atoms with Crippen LogP contribution in [0.5, 0.6) is 0 Å². The van der Waals surface area contributed by atoms with E-state index in [4.69, 9.17) is 14.2 Å². The van der Waals surface area contributed by atoms with E-state index in [1.54, 1.807) is 0 Å². The Morgan fingerprint density at radius 2 is 1.16 bits per heavy atom. The predicted octanol–water partition coefficient (Wildman–Crippen LogP) is 5.35. The molecule has 3 atom stereocenters. The summed E-state index contributed by atoms with van der Waals surface area (Å²) in [6.07, 6.45) is 0.316. The van der Waals surface area contributed by atoms with Gasteiger partial charge in [-0.2, -0.15) is 0 Å². The van der Waals surface area contributed by atoms with E-state index < -0.39 is 6.10 Å². The van der Waals surface area contributed by atoms with Gasteiger partial charge in [0.25, 0.3) is 0 Å². The fraction of sp³-hybridized carbons (Fsp3) is 0.321. The van der Waals surface area contributed by atoms with Gasteiger partial charge >= 0.3 is 0 Å². The van der Waals surface area contributed by atoms with Crippen molar-refractivity contribution in [2.24, 2.45) is 5.92 Å². The maximum Gasteiger partial charge on any atom is 0.164 e. The van der Waals surface area contributed by atoms with Crippen molar-refractivity contribution in [2.75, 3.05) is 6.61 Å². The molecule has 4 heteroatoms. The average Bonchev–Trinajstić information content (AvgIpc) is 2.85. The van der Waals surface area contributed by atoms with E-state index >= 15 is 0 Å². The Morgan fingerprint density at radius 1 is 0.656 bits per heavy atom. The van der Waals surface area contributed by atoms with Crippen molar-refractivity contribution >= 4 is 5.78 Å². The molecule has 0 saturated heterocycles. The van der Waals surface area contributed by atoms with Crippen molar-refractivity contribution in [3.05, 3.63) is 108 Å². The molecule has 0 radical (unpaired) electrons. The highest BCUT2D eigenvalue weighted by molar-refractivity contribution is 5.84. The monoisotopic (exact) mass is 430 g/mol. The molecule has 0 aromatic heterocycles. The molecule has 4 nitrogen and oxygen atoms in total. The van der Waals surface area contributed by atoms with E-state index in [9.17, 15) is 4.79 Å². The van der Waals surface area contributed by atoms with Crippen molar-refractivity contribution in [1.82, 2.24) is 0 Å². The van der Waals surface area contributed by atoms with Gasteiger partial charge in [-0.1, -0.05) is 91.0 Å². The minimum atomic E-state index is -0.585. The summed E-state index contributed by atoms with van der Waals surface area (Å²) in [6, 6.07) is 30.1. The van der Waals surface area contributed by atoms with Crippen LogP contribution in [0.25, 0.3) is 0 Å². The maximum absolute atomic E-state index is 12.8. The molecule has 0 heterocycles. The lowest BCUT2D eigenvalue weighted by molar-refractivity contribution is -0.164. The van der Waals surface area contributed by atoms with Crippen molar-refractivity contribution < 1.29 is 19.0 Å². The number of benzene rings is 3. The Balaban J connectivity index is 1.43. The second kappa shape index (κ2) is 11.7. The van der Waals surface area contributed by atoms with E-state index in [-0.39, 0.29) is 17.8 Å². The standard InChI is InChI=1S/C28H30O4/c29-26-17-16-25(21-30-18-22-10-4-1-5-11-22)27(31-19-23-12-6-2-7-13-23)28(26)32-20-24-14-8-3-9-15-24/h1-15,25,27-28H,16-21H2/t25-,27+,28-/m1/s1. The summed E-state index contributed by atoms with van der Waals surface area (Å²) in [7, 11) is 0. The van der Waals surface area contributed by atoms with Crippen molar-refractivity contribution in [3.63, 3.8) is 0 Å². The quantitative estimate of drug-likeness (QED) is 0.435. The number of rotatable bonds is 10. The van der Waals surface area contributed by atoms with Crippen LogP contribution in [0.4, 0.5) is 0 Å². The number of Topliss-reactive ketones (excluding diaryl/α,β-unsaturated/α-hetero) is 1. The van der Waals surface area contributed by atoms with Gasteiger partial charge in [-0.25, -0.2) is 0 Å². The normalized spacial score (nSPS) is 20.9. The van der Waals surface area contributed by atoms with Crippen LogP contribution in [-0.4, -0.2) is 24.6 Å². The molecule has 166 valence electrons. The van der Waals surface area contributed by atoms with Gasteiger partial charge in [0.05, 0.1) is 32.5 Å². The topological polar surface area (TPSA) is 44.8 Å². The third kappa shape index (κ3) is 6.36. The molecule has 1 aliphatic rings. The molecule has 1 fully saturated rings. The fourth-order valence-electron chi connectivity index (χ4n) is 4.08. The van der Waals surface area contributed by atoms with Gasteiger partial charge in [0.15, 0.2) is 5.78 Å². The Hall–Kier alpha value is -2.79. The molecule has 0 amide bonds. The summed E-state index contributed by atoms with van der Waals surface area (Å²) >= 11 is 0. The van der Waals surface area contributed by atoms with Crippen LogP contribution < -0.4 is 0 Å². The molecule has 0 N–H and O–H groups in total. The summed E-state index contributed by atoms with van der Waals surface area (Å²) in [4.78, 5) is 12.8. The Kier molecular flexibility index (Phi) is 8.21. The zero-order chi connectivity index (χ0) is 22.0. The molecule has 0 bridgehead atoms. The highest BCUT2D eigenvalue weighted by Gasteiger charge is 2.40. The zero-order valence-electron chi connectivity index (χ0n) is 18.3. The Labute approximate surface area is 190 Å². The minimum Gasteiger partial charge on any atom is -0.376 e. The minimum absolute atomic E-state index is 0.0981. The van der Waals surface area contributed by atoms with E-state index in [1.807, 2.05) is 78.9 Å². The second-order valence-corrected chi connectivity index (χ2v) is 8.24. The molecule has 4 rings (SSSR count).